The topological polar surface area (TPSA) is 17.1 Å². The second kappa shape index (κ2) is 4.59. The average molecular weight is 238 g/mol. The van der Waals surface area contributed by atoms with E-state index in [0.29, 0.717) is 0 Å². The van der Waals surface area contributed by atoms with Gasteiger partial charge in [0.25, 0.3) is 0 Å². The third-order valence-corrected chi connectivity index (χ3v) is 1.88. The number of alkyl halides is 3. The Hall–Kier alpha value is -1.46. The summed E-state index contributed by atoms with van der Waals surface area (Å²) < 4.78 is 61.3. The van der Waals surface area contributed by atoms with Crippen LogP contribution in [0.15, 0.2) is 18.2 Å². The molecule has 0 bridgehead atoms. The minimum Gasteiger partial charge on any atom is -0.294 e. The maximum Gasteiger partial charge on any atom is 0.389 e. The molecule has 0 heterocycles. The van der Waals surface area contributed by atoms with Crippen LogP contribution in [0.5, 0.6) is 0 Å². The molecule has 0 amide bonds. The van der Waals surface area contributed by atoms with Crippen LogP contribution >= 0.6 is 0 Å². The predicted molar refractivity (Wildman–Crippen MR) is 46.0 cm³/mol. The van der Waals surface area contributed by atoms with Crippen molar-refractivity contribution in [3.8, 4) is 0 Å². The van der Waals surface area contributed by atoms with Crippen molar-refractivity contribution >= 4 is 5.78 Å². The maximum absolute atomic E-state index is 13.0. The molecular formula is C10H7F5O. The highest BCUT2D eigenvalue weighted by Crippen LogP contribution is 2.23. The number of Topliss-reactive ketones (excluding diaryl/α,β-unsaturated/α-hetero) is 1. The van der Waals surface area contributed by atoms with Gasteiger partial charge in [0.1, 0.15) is 11.6 Å². The van der Waals surface area contributed by atoms with E-state index < -0.39 is 42.0 Å². The molecule has 0 radical (unpaired) electrons. The van der Waals surface area contributed by atoms with Crippen molar-refractivity contribution in [2.45, 2.75) is 19.0 Å². The summed E-state index contributed by atoms with van der Waals surface area (Å²) in [5, 5.41) is 0. The summed E-state index contributed by atoms with van der Waals surface area (Å²) in [4.78, 5) is 11.2. The molecule has 1 aromatic rings. The molecule has 1 nitrogen and oxygen atoms in total. The van der Waals surface area contributed by atoms with E-state index in [9.17, 15) is 26.7 Å². The maximum atomic E-state index is 13.0. The summed E-state index contributed by atoms with van der Waals surface area (Å²) in [6, 6.07) is 2.68. The summed E-state index contributed by atoms with van der Waals surface area (Å²) in [7, 11) is 0. The van der Waals surface area contributed by atoms with Gasteiger partial charge < -0.3 is 0 Å². The highest BCUT2D eigenvalue weighted by atomic mass is 19.4. The van der Waals surface area contributed by atoms with Gasteiger partial charge in [-0.25, -0.2) is 8.78 Å². The largest absolute Gasteiger partial charge is 0.389 e. The first-order valence-electron chi connectivity index (χ1n) is 4.35. The van der Waals surface area contributed by atoms with E-state index in [2.05, 4.69) is 0 Å². The van der Waals surface area contributed by atoms with Gasteiger partial charge >= 0.3 is 6.18 Å². The lowest BCUT2D eigenvalue weighted by Crippen LogP contribution is -2.13. The average Bonchev–Trinajstić information content (AvgIpc) is 2.13. The Balaban J connectivity index is 2.81. The van der Waals surface area contributed by atoms with Crippen LogP contribution in [-0.4, -0.2) is 12.0 Å². The van der Waals surface area contributed by atoms with Gasteiger partial charge in [-0.3, -0.25) is 4.79 Å². The van der Waals surface area contributed by atoms with Crippen molar-refractivity contribution in [2.24, 2.45) is 0 Å². The molecule has 1 aromatic carbocycles. The first-order valence-corrected chi connectivity index (χ1v) is 4.35. The third kappa shape index (κ3) is 3.29. The Kier molecular flexibility index (Phi) is 3.62. The monoisotopic (exact) mass is 238 g/mol. The Bertz CT molecular complexity index is 376. The fourth-order valence-electron chi connectivity index (χ4n) is 1.14. The minimum atomic E-state index is -4.52. The fourth-order valence-corrected chi connectivity index (χ4v) is 1.14. The van der Waals surface area contributed by atoms with E-state index in [1.54, 1.807) is 0 Å². The molecule has 0 aromatic heterocycles. The van der Waals surface area contributed by atoms with Crippen molar-refractivity contribution in [1.29, 1.82) is 0 Å². The fraction of sp³-hybridized carbons (Fsp3) is 0.300. The highest BCUT2D eigenvalue weighted by molar-refractivity contribution is 5.96. The molecule has 0 saturated heterocycles. The number of benzene rings is 1. The summed E-state index contributed by atoms with van der Waals surface area (Å²) in [6.45, 7) is 0. The molecule has 0 saturated carbocycles. The van der Waals surface area contributed by atoms with Gasteiger partial charge in [0.2, 0.25) is 0 Å². The van der Waals surface area contributed by atoms with Gasteiger partial charge in [0, 0.05) is 6.42 Å². The van der Waals surface area contributed by atoms with E-state index in [0.717, 1.165) is 18.2 Å². The van der Waals surface area contributed by atoms with Gasteiger partial charge in [-0.2, -0.15) is 13.2 Å². The van der Waals surface area contributed by atoms with Crippen LogP contribution in [0.25, 0.3) is 0 Å². The quantitative estimate of drug-likeness (QED) is 0.582. The highest BCUT2D eigenvalue weighted by Gasteiger charge is 2.29. The van der Waals surface area contributed by atoms with Crippen molar-refractivity contribution in [1.82, 2.24) is 0 Å². The number of ketones is 1. The van der Waals surface area contributed by atoms with Gasteiger partial charge in [0.05, 0.1) is 12.0 Å². The summed E-state index contributed by atoms with van der Waals surface area (Å²) >= 11 is 0. The molecule has 6 heteroatoms. The number of rotatable bonds is 3. The van der Waals surface area contributed by atoms with Crippen molar-refractivity contribution in [3.63, 3.8) is 0 Å². The first-order chi connectivity index (χ1) is 7.31. The molecule has 0 aliphatic heterocycles. The summed E-state index contributed by atoms with van der Waals surface area (Å²) in [5.74, 6) is -3.48. The second-order valence-electron chi connectivity index (χ2n) is 3.14. The molecule has 0 aliphatic rings. The van der Waals surface area contributed by atoms with Gasteiger partial charge in [-0.15, -0.1) is 0 Å². The molecule has 0 atom stereocenters. The molecular weight excluding hydrogens is 231 g/mol. The normalized spacial score (nSPS) is 11.6. The molecule has 1 rings (SSSR count). The first kappa shape index (κ1) is 12.6. The lowest BCUT2D eigenvalue weighted by Gasteiger charge is -2.06. The van der Waals surface area contributed by atoms with Crippen LogP contribution in [0.3, 0.4) is 0 Å². The number of carbonyl (C=O) groups is 1. The lowest BCUT2D eigenvalue weighted by molar-refractivity contribution is -0.133. The van der Waals surface area contributed by atoms with Gasteiger partial charge in [-0.1, -0.05) is 6.07 Å². The van der Waals surface area contributed by atoms with E-state index in [1.807, 2.05) is 0 Å². The Morgan fingerprint density at radius 1 is 1.12 bits per heavy atom. The molecule has 0 unspecified atom stereocenters. The van der Waals surface area contributed by atoms with Crippen LogP contribution in [-0.2, 0) is 0 Å². The van der Waals surface area contributed by atoms with Crippen molar-refractivity contribution in [2.75, 3.05) is 0 Å². The molecule has 0 N–H and O–H groups in total. The van der Waals surface area contributed by atoms with Crippen LogP contribution in [0.2, 0.25) is 0 Å². The predicted octanol–water partition coefficient (Wildman–Crippen LogP) is 3.49. The number of carbonyl (C=O) groups excluding carboxylic acids is 1. The zero-order chi connectivity index (χ0) is 12.3. The Labute approximate surface area is 87.9 Å². The van der Waals surface area contributed by atoms with Crippen LogP contribution in [0, 0.1) is 11.6 Å². The van der Waals surface area contributed by atoms with Crippen LogP contribution in [0.1, 0.15) is 23.2 Å². The molecule has 88 valence electrons. The zero-order valence-electron chi connectivity index (χ0n) is 7.94. The van der Waals surface area contributed by atoms with E-state index in [-0.39, 0.29) is 0 Å². The standard InChI is InChI=1S/C10H7F5O/c11-6-2-1-3-7(12)9(6)8(16)4-5-10(13,14)15/h1-3H,4-5H2. The van der Waals surface area contributed by atoms with Gasteiger partial charge in [-0.05, 0) is 12.1 Å². The Morgan fingerprint density at radius 3 is 2.06 bits per heavy atom. The molecule has 0 spiro atoms. The summed E-state index contributed by atoms with van der Waals surface area (Å²) in [6.07, 6.45) is -6.86. The molecule has 0 fully saturated rings. The lowest BCUT2D eigenvalue weighted by atomic mass is 10.1. The van der Waals surface area contributed by atoms with Gasteiger partial charge in [0.15, 0.2) is 5.78 Å². The number of hydrogen-bond acceptors (Lipinski definition) is 1. The SMILES string of the molecule is O=C(CCC(F)(F)F)c1c(F)cccc1F. The molecule has 0 aliphatic carbocycles. The third-order valence-electron chi connectivity index (χ3n) is 1.88. The number of hydrogen-bond donors (Lipinski definition) is 0. The van der Waals surface area contributed by atoms with Crippen LogP contribution < -0.4 is 0 Å². The van der Waals surface area contributed by atoms with E-state index >= 15 is 0 Å². The number of halogens is 5. The van der Waals surface area contributed by atoms with E-state index in [4.69, 9.17) is 0 Å². The summed E-state index contributed by atoms with van der Waals surface area (Å²) in [5.41, 5.74) is -0.910. The van der Waals surface area contributed by atoms with Crippen molar-refractivity contribution < 1.29 is 26.7 Å². The van der Waals surface area contributed by atoms with Crippen LogP contribution in [0.4, 0.5) is 22.0 Å². The second-order valence-corrected chi connectivity index (χ2v) is 3.14. The molecule has 16 heavy (non-hydrogen) atoms. The zero-order valence-corrected chi connectivity index (χ0v) is 7.94. The minimum absolute atomic E-state index is 0.823. The smallest absolute Gasteiger partial charge is 0.294 e. The van der Waals surface area contributed by atoms with Crippen molar-refractivity contribution in [3.05, 3.63) is 35.4 Å². The van der Waals surface area contributed by atoms with E-state index in [1.165, 1.54) is 0 Å². The Morgan fingerprint density at radius 2 is 1.62 bits per heavy atom.